The first-order valence-electron chi connectivity index (χ1n) is 20.1. The van der Waals surface area contributed by atoms with Crippen LogP contribution in [0.15, 0.2) is 0 Å². The quantitative estimate of drug-likeness (QED) is 0.117. The molecule has 0 aliphatic carbocycles. The molecule has 0 unspecified atom stereocenters. The maximum Gasteiger partial charge on any atom is 0.223 e. The van der Waals surface area contributed by atoms with Gasteiger partial charge in [-0.1, -0.05) is 46.5 Å². The summed E-state index contributed by atoms with van der Waals surface area (Å²) in [5, 5.41) is 87.2. The van der Waals surface area contributed by atoms with Crippen molar-refractivity contribution < 1.29 is 74.1 Å². The summed E-state index contributed by atoms with van der Waals surface area (Å²) >= 11 is 0. The molecule has 1 amide bonds. The number of rotatable bonds is 11. The molecule has 4 aliphatic heterocycles. The van der Waals surface area contributed by atoms with E-state index in [1.54, 1.807) is 6.92 Å². The summed E-state index contributed by atoms with van der Waals surface area (Å²) in [7, 11) is 0. The van der Waals surface area contributed by atoms with Gasteiger partial charge in [-0.25, -0.2) is 0 Å². The SMILES string of the molecule is CC[C@@H]1CCC[C@@H](CC)C(=O)NCCC[C@@H](CC)[C@H](O[C@H]2O[C@H](C)[C@@H](O)[C@@H](N)[C@@H]2O[C@H]2O[C@H](CO)[C@@H](O[C@@H]3O[C@H](CO)[C@@H](O)[C@H](O)[C@H]3O)[C@@H](O)[C@H]2O)CC1. The average molecular weight is 781 g/mol. The predicted octanol–water partition coefficient (Wildman–Crippen LogP) is -1.25. The van der Waals surface area contributed by atoms with E-state index in [1.165, 1.54) is 0 Å². The van der Waals surface area contributed by atoms with Gasteiger partial charge < -0.3 is 80.3 Å². The second kappa shape index (κ2) is 21.6. The molecule has 0 bridgehead atoms. The van der Waals surface area contributed by atoms with Crippen molar-refractivity contribution in [1.82, 2.24) is 5.32 Å². The summed E-state index contributed by atoms with van der Waals surface area (Å²) in [4.78, 5) is 12.9. The fourth-order valence-electron chi connectivity index (χ4n) is 8.23. The Labute approximate surface area is 318 Å². The Balaban J connectivity index is 1.51. The lowest BCUT2D eigenvalue weighted by atomic mass is 9.85. The summed E-state index contributed by atoms with van der Waals surface area (Å²) in [6.45, 7) is 7.07. The zero-order chi connectivity index (χ0) is 39.7. The molecule has 0 radical (unpaired) electrons. The van der Waals surface area contributed by atoms with Crippen molar-refractivity contribution in [3.05, 3.63) is 0 Å². The number of nitrogens with one attached hydrogen (secondary N) is 1. The molecule has 0 aromatic rings. The number of nitrogens with two attached hydrogens (primary N) is 1. The van der Waals surface area contributed by atoms with E-state index in [1.807, 2.05) is 0 Å². The van der Waals surface area contributed by atoms with E-state index >= 15 is 0 Å². The third kappa shape index (κ3) is 11.1. The summed E-state index contributed by atoms with van der Waals surface area (Å²) in [5.41, 5.74) is 6.55. The molecule has 17 nitrogen and oxygen atoms in total. The Morgan fingerprint density at radius 1 is 0.667 bits per heavy atom. The zero-order valence-corrected chi connectivity index (χ0v) is 32.2. The lowest BCUT2D eigenvalue weighted by molar-refractivity contribution is -0.379. The third-order valence-corrected chi connectivity index (χ3v) is 12.0. The van der Waals surface area contributed by atoms with E-state index in [0.717, 1.165) is 64.2 Å². The van der Waals surface area contributed by atoms with Gasteiger partial charge in [0.05, 0.1) is 37.6 Å². The zero-order valence-electron chi connectivity index (χ0n) is 32.2. The maximum absolute atomic E-state index is 12.9. The topological polar surface area (TPSA) is 272 Å². The molecule has 0 saturated carbocycles. The van der Waals surface area contributed by atoms with Crippen LogP contribution in [0.25, 0.3) is 0 Å². The van der Waals surface area contributed by atoms with Crippen LogP contribution in [-0.4, -0.2) is 165 Å². The molecule has 19 atom stereocenters. The van der Waals surface area contributed by atoms with Crippen molar-refractivity contribution in [2.24, 2.45) is 23.5 Å². The van der Waals surface area contributed by atoms with Gasteiger partial charge >= 0.3 is 0 Å². The normalized spacial score (nSPS) is 46.4. The number of aliphatic hydroxyl groups excluding tert-OH is 8. The number of hydrogen-bond donors (Lipinski definition) is 10. The second-order valence-corrected chi connectivity index (χ2v) is 15.5. The number of ether oxygens (including phenoxy) is 6. The van der Waals surface area contributed by atoms with E-state index in [2.05, 4.69) is 26.1 Å². The van der Waals surface area contributed by atoms with Crippen molar-refractivity contribution >= 4 is 5.91 Å². The summed E-state index contributed by atoms with van der Waals surface area (Å²) < 4.78 is 36.1. The van der Waals surface area contributed by atoms with Gasteiger partial charge in [0.15, 0.2) is 18.9 Å². The molecule has 0 spiro atoms. The fourth-order valence-corrected chi connectivity index (χ4v) is 8.23. The molecule has 4 fully saturated rings. The Kier molecular flexibility index (Phi) is 18.2. The summed E-state index contributed by atoms with van der Waals surface area (Å²) in [6, 6.07) is -1.08. The Morgan fingerprint density at radius 3 is 1.94 bits per heavy atom. The number of carbonyl (C=O) groups is 1. The summed E-state index contributed by atoms with van der Waals surface area (Å²) in [5.74, 6) is 0.643. The fraction of sp³-hybridized carbons (Fsp3) is 0.973. The minimum Gasteiger partial charge on any atom is -0.394 e. The van der Waals surface area contributed by atoms with Crippen LogP contribution in [0.2, 0.25) is 0 Å². The third-order valence-electron chi connectivity index (χ3n) is 12.0. The van der Waals surface area contributed by atoms with Gasteiger partial charge in [0.25, 0.3) is 0 Å². The van der Waals surface area contributed by atoms with Crippen molar-refractivity contribution in [1.29, 1.82) is 0 Å². The maximum atomic E-state index is 12.9. The standard InChI is InChI=1S/C37H68N2O15/c1-5-19-10-8-11-21(7-3)34(48)39-15-9-12-20(6-2)22(14-13-19)50-37-33(25(38)26(42)18(4)49-37)54-36-31(47)29(45)32(24(17-41)52-36)53-35-30(46)28(44)27(43)23(16-40)51-35/h18-33,35-37,40-47H,5-17,38H2,1-4H3,(H,39,48)/t18-,19-,20-,21-,22-,23-,24-,25-,26-,27-,28+,29+,30-,31-,32-,33+,35+,36-,37-/m1/s1. The lowest BCUT2D eigenvalue weighted by Gasteiger charge is -2.48. The molecule has 4 saturated heterocycles. The van der Waals surface area contributed by atoms with Gasteiger partial charge in [0, 0.05) is 12.5 Å². The van der Waals surface area contributed by atoms with Gasteiger partial charge in [-0.05, 0) is 57.3 Å². The first-order chi connectivity index (χ1) is 25.8. The highest BCUT2D eigenvalue weighted by molar-refractivity contribution is 5.78. The molecule has 4 aliphatic rings. The van der Waals surface area contributed by atoms with Crippen LogP contribution in [0, 0.1) is 17.8 Å². The number of aliphatic hydroxyl groups is 8. The molecular formula is C37H68N2O15. The first-order valence-corrected chi connectivity index (χ1v) is 20.1. The highest BCUT2D eigenvalue weighted by Crippen LogP contribution is 2.35. The average Bonchev–Trinajstić information content (AvgIpc) is 3.16. The van der Waals surface area contributed by atoms with Gasteiger partial charge in [-0.15, -0.1) is 0 Å². The minimum atomic E-state index is -1.82. The Morgan fingerprint density at radius 2 is 1.31 bits per heavy atom. The monoisotopic (exact) mass is 780 g/mol. The molecule has 0 aromatic heterocycles. The highest BCUT2D eigenvalue weighted by atomic mass is 16.8. The van der Waals surface area contributed by atoms with Gasteiger partial charge in [0.2, 0.25) is 5.91 Å². The van der Waals surface area contributed by atoms with Crippen LogP contribution in [0.3, 0.4) is 0 Å². The van der Waals surface area contributed by atoms with Crippen LogP contribution >= 0.6 is 0 Å². The molecule has 0 aromatic carbocycles. The second-order valence-electron chi connectivity index (χ2n) is 15.5. The molecule has 316 valence electrons. The van der Waals surface area contributed by atoms with Crippen molar-refractivity contribution in [3.63, 3.8) is 0 Å². The van der Waals surface area contributed by atoms with Crippen molar-refractivity contribution in [2.75, 3.05) is 19.8 Å². The Bertz CT molecular complexity index is 1110. The highest BCUT2D eigenvalue weighted by Gasteiger charge is 2.53. The molecule has 4 rings (SSSR count). The smallest absolute Gasteiger partial charge is 0.223 e. The van der Waals surface area contributed by atoms with Crippen molar-refractivity contribution in [2.45, 2.75) is 190 Å². The minimum absolute atomic E-state index is 0.0201. The van der Waals surface area contributed by atoms with E-state index in [-0.39, 0.29) is 23.8 Å². The van der Waals surface area contributed by atoms with Crippen LogP contribution in [-0.2, 0) is 33.2 Å². The first kappa shape index (κ1) is 45.6. The predicted molar refractivity (Wildman–Crippen MR) is 191 cm³/mol. The molecule has 54 heavy (non-hydrogen) atoms. The number of hydrogen-bond acceptors (Lipinski definition) is 16. The van der Waals surface area contributed by atoms with Crippen LogP contribution in [0.1, 0.15) is 91.9 Å². The van der Waals surface area contributed by atoms with Gasteiger partial charge in [-0.3, -0.25) is 4.79 Å². The molecule has 4 heterocycles. The summed E-state index contributed by atoms with van der Waals surface area (Å²) in [6.07, 6.45) is -12.4. The van der Waals surface area contributed by atoms with E-state index in [9.17, 15) is 45.6 Å². The van der Waals surface area contributed by atoms with E-state index in [0.29, 0.717) is 12.5 Å². The number of amides is 1. The van der Waals surface area contributed by atoms with Gasteiger partial charge in [-0.2, -0.15) is 0 Å². The lowest BCUT2D eigenvalue weighted by Crippen LogP contribution is -2.67. The largest absolute Gasteiger partial charge is 0.394 e. The van der Waals surface area contributed by atoms with Crippen LogP contribution in [0.5, 0.6) is 0 Å². The molecule has 17 heteroatoms. The van der Waals surface area contributed by atoms with Crippen LogP contribution < -0.4 is 11.1 Å². The van der Waals surface area contributed by atoms with Gasteiger partial charge in [0.1, 0.15) is 54.9 Å². The molecule has 11 N–H and O–H groups in total. The number of carbonyl (C=O) groups excluding carboxylic acids is 1. The molecular weight excluding hydrogens is 712 g/mol. The van der Waals surface area contributed by atoms with Crippen LogP contribution in [0.4, 0.5) is 0 Å². The van der Waals surface area contributed by atoms with E-state index in [4.69, 9.17) is 34.2 Å². The Hall–Kier alpha value is -1.13. The van der Waals surface area contributed by atoms with E-state index < -0.39 is 105 Å². The van der Waals surface area contributed by atoms with Crippen molar-refractivity contribution in [3.8, 4) is 0 Å².